The van der Waals surface area contributed by atoms with Gasteiger partial charge in [-0.2, -0.15) is 0 Å². The Balaban J connectivity index is 4.33. The fourth-order valence-corrected chi connectivity index (χ4v) is 9.45. The van der Waals surface area contributed by atoms with Crippen LogP contribution < -0.4 is 5.73 Å². The largest absolute Gasteiger partial charge is 0.481 e. The van der Waals surface area contributed by atoms with Crippen molar-refractivity contribution < 1.29 is 14.7 Å². The van der Waals surface area contributed by atoms with Gasteiger partial charge < -0.3 is 10.8 Å². The van der Waals surface area contributed by atoms with Crippen LogP contribution in [0, 0.1) is 5.41 Å². The summed E-state index contributed by atoms with van der Waals surface area (Å²) in [6.45, 7) is 4.60. The van der Waals surface area contributed by atoms with Crippen LogP contribution in [0.25, 0.3) is 0 Å². The molecule has 0 heterocycles. The molecular formula is C54H107NO3. The van der Waals surface area contributed by atoms with E-state index in [1.807, 2.05) is 0 Å². The Hall–Kier alpha value is -1.06. The van der Waals surface area contributed by atoms with Crippen LogP contribution in [0.3, 0.4) is 0 Å². The van der Waals surface area contributed by atoms with Crippen LogP contribution in [0.4, 0.5) is 0 Å². The number of hydrogen-bond donors (Lipinski definition) is 2. The summed E-state index contributed by atoms with van der Waals surface area (Å²) in [5.74, 6) is -0.667. The molecule has 0 saturated heterocycles. The highest BCUT2D eigenvalue weighted by atomic mass is 16.4. The van der Waals surface area contributed by atoms with E-state index >= 15 is 0 Å². The predicted octanol–water partition coefficient (Wildman–Crippen LogP) is 18.7. The lowest BCUT2D eigenvalue weighted by atomic mass is 9.73. The second kappa shape index (κ2) is 47.0. The van der Waals surface area contributed by atoms with Crippen molar-refractivity contribution in [3.05, 3.63) is 0 Å². The van der Waals surface area contributed by atoms with Crippen molar-refractivity contribution in [1.82, 2.24) is 0 Å². The van der Waals surface area contributed by atoms with E-state index in [9.17, 15) is 9.59 Å². The number of rotatable bonds is 51. The van der Waals surface area contributed by atoms with Crippen molar-refractivity contribution >= 4 is 11.9 Å². The summed E-state index contributed by atoms with van der Waals surface area (Å²) in [6, 6.07) is 0. The Kier molecular flexibility index (Phi) is 46.1. The van der Waals surface area contributed by atoms with E-state index in [2.05, 4.69) is 13.8 Å². The standard InChI is InChI=1S/C54H107NO3/c1-3-5-7-9-11-13-15-17-19-21-25-29-33-37-41-45-49-54(53(55)58,50-46-42-38-34-30-26-22-20-18-16-14-12-10-8-6-4-2)51-47-43-39-35-31-27-23-24-28-32-36-40-44-48-52(56)57/h3-51H2,1-2H3,(H2,55,58)(H,56,57). The molecule has 0 unspecified atom stereocenters. The summed E-state index contributed by atoms with van der Waals surface area (Å²) < 4.78 is 0. The lowest BCUT2D eigenvalue weighted by Crippen LogP contribution is -2.37. The van der Waals surface area contributed by atoms with Crippen molar-refractivity contribution in [2.24, 2.45) is 11.1 Å². The molecule has 1 amide bonds. The van der Waals surface area contributed by atoms with Gasteiger partial charge in [0.2, 0.25) is 5.91 Å². The first-order valence-corrected chi connectivity index (χ1v) is 27.0. The Labute approximate surface area is 365 Å². The molecule has 0 spiro atoms. The summed E-state index contributed by atoms with van der Waals surface area (Å²) in [6.07, 6.45) is 63.5. The zero-order valence-corrected chi connectivity index (χ0v) is 40.0. The highest BCUT2D eigenvalue weighted by Crippen LogP contribution is 2.37. The molecule has 0 aliphatic heterocycles. The highest BCUT2D eigenvalue weighted by molar-refractivity contribution is 5.80. The van der Waals surface area contributed by atoms with Crippen LogP contribution in [-0.2, 0) is 9.59 Å². The number of carbonyl (C=O) groups excluding carboxylic acids is 1. The van der Waals surface area contributed by atoms with Gasteiger partial charge in [-0.3, -0.25) is 9.59 Å². The van der Waals surface area contributed by atoms with Gasteiger partial charge in [-0.15, -0.1) is 0 Å². The molecule has 0 atom stereocenters. The van der Waals surface area contributed by atoms with Gasteiger partial charge in [-0.05, 0) is 25.7 Å². The second-order valence-corrected chi connectivity index (χ2v) is 19.2. The number of primary amides is 1. The third-order valence-electron chi connectivity index (χ3n) is 13.6. The van der Waals surface area contributed by atoms with E-state index in [1.165, 1.54) is 270 Å². The van der Waals surface area contributed by atoms with Crippen LogP contribution in [0.2, 0.25) is 0 Å². The average molecular weight is 818 g/mol. The molecule has 346 valence electrons. The second-order valence-electron chi connectivity index (χ2n) is 19.2. The predicted molar refractivity (Wildman–Crippen MR) is 257 cm³/mol. The first-order valence-electron chi connectivity index (χ1n) is 27.0. The van der Waals surface area contributed by atoms with Crippen LogP contribution in [-0.4, -0.2) is 17.0 Å². The summed E-state index contributed by atoms with van der Waals surface area (Å²) in [4.78, 5) is 23.8. The Morgan fingerprint density at radius 3 is 0.655 bits per heavy atom. The molecule has 0 rings (SSSR count). The van der Waals surface area contributed by atoms with Crippen molar-refractivity contribution in [3.8, 4) is 0 Å². The lowest BCUT2D eigenvalue weighted by molar-refractivity contribution is -0.137. The minimum Gasteiger partial charge on any atom is -0.481 e. The zero-order chi connectivity index (χ0) is 42.3. The molecule has 0 aromatic carbocycles. The molecule has 0 aliphatic rings. The maximum atomic E-state index is 13.2. The van der Waals surface area contributed by atoms with Crippen LogP contribution in [0.1, 0.15) is 328 Å². The topological polar surface area (TPSA) is 80.4 Å². The number of hydrogen-bond acceptors (Lipinski definition) is 2. The number of carboxylic acid groups (broad SMARTS) is 1. The fraction of sp³-hybridized carbons (Fsp3) is 0.963. The molecule has 0 fully saturated rings. The minimum absolute atomic E-state index is 0.00342. The van der Waals surface area contributed by atoms with Gasteiger partial charge in [-0.1, -0.05) is 296 Å². The van der Waals surface area contributed by atoms with Crippen LogP contribution in [0.5, 0.6) is 0 Å². The van der Waals surface area contributed by atoms with E-state index in [4.69, 9.17) is 10.8 Å². The lowest BCUT2D eigenvalue weighted by Gasteiger charge is -2.31. The summed E-state index contributed by atoms with van der Waals surface area (Å²) in [7, 11) is 0. The molecule has 0 aliphatic carbocycles. The molecule has 4 heteroatoms. The quantitative estimate of drug-likeness (QED) is 0.0600. The maximum Gasteiger partial charge on any atom is 0.303 e. The molecule has 0 aromatic rings. The Morgan fingerprint density at radius 1 is 0.310 bits per heavy atom. The normalized spacial score (nSPS) is 11.8. The number of unbranched alkanes of at least 4 members (excludes halogenated alkanes) is 42. The van der Waals surface area contributed by atoms with Crippen molar-refractivity contribution in [1.29, 1.82) is 0 Å². The van der Waals surface area contributed by atoms with Crippen LogP contribution >= 0.6 is 0 Å². The SMILES string of the molecule is CCCCCCCCCCCCCCCCCCC(CCCCCCCCCCCCCCCCCC)(CCCCCCCCCCCCCCCC(=O)O)C(N)=O. The molecule has 58 heavy (non-hydrogen) atoms. The van der Waals surface area contributed by atoms with Crippen molar-refractivity contribution in [3.63, 3.8) is 0 Å². The van der Waals surface area contributed by atoms with E-state index in [0.29, 0.717) is 6.42 Å². The van der Waals surface area contributed by atoms with Gasteiger partial charge in [0.05, 0.1) is 0 Å². The van der Waals surface area contributed by atoms with Gasteiger partial charge in [0, 0.05) is 11.8 Å². The number of carbonyl (C=O) groups is 2. The van der Waals surface area contributed by atoms with E-state index < -0.39 is 5.97 Å². The maximum absolute atomic E-state index is 13.2. The minimum atomic E-state index is -0.664. The van der Waals surface area contributed by atoms with Gasteiger partial charge in [0.25, 0.3) is 0 Å². The first-order chi connectivity index (χ1) is 28.5. The Morgan fingerprint density at radius 2 is 0.483 bits per heavy atom. The summed E-state index contributed by atoms with van der Waals surface area (Å²) in [5.41, 5.74) is 6.03. The number of carboxylic acids is 1. The van der Waals surface area contributed by atoms with Crippen molar-refractivity contribution in [2.75, 3.05) is 0 Å². The molecule has 0 saturated carbocycles. The number of nitrogens with two attached hydrogens (primary N) is 1. The van der Waals surface area contributed by atoms with Gasteiger partial charge in [0.15, 0.2) is 0 Å². The monoisotopic (exact) mass is 818 g/mol. The first kappa shape index (κ1) is 56.9. The van der Waals surface area contributed by atoms with Gasteiger partial charge in [0.1, 0.15) is 0 Å². The highest BCUT2D eigenvalue weighted by Gasteiger charge is 2.34. The third kappa shape index (κ3) is 41.7. The van der Waals surface area contributed by atoms with E-state index in [0.717, 1.165) is 38.5 Å². The van der Waals surface area contributed by atoms with E-state index in [-0.39, 0.29) is 11.3 Å². The third-order valence-corrected chi connectivity index (χ3v) is 13.6. The summed E-state index contributed by atoms with van der Waals surface area (Å²) in [5, 5.41) is 8.76. The fourth-order valence-electron chi connectivity index (χ4n) is 9.45. The molecule has 0 bridgehead atoms. The smallest absolute Gasteiger partial charge is 0.303 e. The van der Waals surface area contributed by atoms with Gasteiger partial charge >= 0.3 is 5.97 Å². The van der Waals surface area contributed by atoms with Gasteiger partial charge in [-0.25, -0.2) is 0 Å². The number of aliphatic carboxylic acids is 1. The Bertz CT molecular complexity index is 791. The molecule has 3 N–H and O–H groups in total. The molecule has 0 aromatic heterocycles. The van der Waals surface area contributed by atoms with Crippen LogP contribution in [0.15, 0.2) is 0 Å². The number of amides is 1. The molecular weight excluding hydrogens is 711 g/mol. The van der Waals surface area contributed by atoms with E-state index in [1.54, 1.807) is 0 Å². The zero-order valence-electron chi connectivity index (χ0n) is 40.0. The average Bonchev–Trinajstić information content (AvgIpc) is 3.21. The molecule has 0 radical (unpaired) electrons. The summed E-state index contributed by atoms with van der Waals surface area (Å²) >= 11 is 0. The van der Waals surface area contributed by atoms with Crippen molar-refractivity contribution in [2.45, 2.75) is 328 Å². The molecule has 4 nitrogen and oxygen atoms in total.